The average molecular weight is 326 g/mol. The first-order chi connectivity index (χ1) is 10.8. The smallest absolute Gasteiger partial charge is 0.0313 e. The van der Waals surface area contributed by atoms with Crippen LogP contribution in [0.2, 0.25) is 0 Å². The standard InChI is InChI=1S/C14H29Cl.C6H7N/c1-2-3-4-5-6-7-8-9-10-11-12-13-14-15;7-6-4-2-1-3-5-6/h2-14H2,1H3;1-5H,7H2. The van der Waals surface area contributed by atoms with Crippen molar-refractivity contribution in [3.8, 4) is 0 Å². The summed E-state index contributed by atoms with van der Waals surface area (Å²) in [5, 5.41) is 0. The minimum atomic E-state index is 0.822. The molecule has 2 N–H and O–H groups in total. The van der Waals surface area contributed by atoms with Gasteiger partial charge in [0.1, 0.15) is 0 Å². The molecular weight excluding hydrogens is 290 g/mol. The second-order valence-corrected chi connectivity index (χ2v) is 6.37. The maximum Gasteiger partial charge on any atom is 0.0313 e. The molecule has 22 heavy (non-hydrogen) atoms. The summed E-state index contributed by atoms with van der Waals surface area (Å²) in [7, 11) is 0. The van der Waals surface area contributed by atoms with Crippen molar-refractivity contribution >= 4 is 17.3 Å². The Hall–Kier alpha value is -0.690. The van der Waals surface area contributed by atoms with Gasteiger partial charge in [0.15, 0.2) is 0 Å². The first-order valence-corrected chi connectivity index (χ1v) is 9.71. The molecule has 0 amide bonds. The minimum absolute atomic E-state index is 0.822. The molecule has 0 bridgehead atoms. The topological polar surface area (TPSA) is 26.0 Å². The van der Waals surface area contributed by atoms with E-state index < -0.39 is 0 Å². The number of hydrogen-bond donors (Lipinski definition) is 1. The summed E-state index contributed by atoms with van der Waals surface area (Å²) in [6, 6.07) is 9.49. The zero-order chi connectivity index (χ0) is 16.3. The molecule has 0 atom stereocenters. The molecule has 0 unspecified atom stereocenters. The quantitative estimate of drug-likeness (QED) is 0.245. The molecule has 1 aromatic rings. The third-order valence-corrected chi connectivity index (χ3v) is 4.05. The molecule has 0 aliphatic rings. The van der Waals surface area contributed by atoms with Crippen molar-refractivity contribution in [3.63, 3.8) is 0 Å². The molecule has 2 heteroatoms. The summed E-state index contributed by atoms with van der Waals surface area (Å²) in [6.07, 6.45) is 16.9. The molecular formula is C20H36ClN. The van der Waals surface area contributed by atoms with Crippen LogP contribution in [-0.2, 0) is 0 Å². The van der Waals surface area contributed by atoms with Crippen LogP contribution in [0.5, 0.6) is 0 Å². The number of benzene rings is 1. The molecule has 0 saturated heterocycles. The number of para-hydroxylation sites is 1. The van der Waals surface area contributed by atoms with Crippen molar-refractivity contribution in [2.24, 2.45) is 0 Å². The van der Waals surface area contributed by atoms with E-state index in [-0.39, 0.29) is 0 Å². The average Bonchev–Trinajstić information content (AvgIpc) is 2.54. The molecule has 0 fully saturated rings. The lowest BCUT2D eigenvalue weighted by atomic mass is 10.1. The lowest BCUT2D eigenvalue weighted by molar-refractivity contribution is 0.548. The maximum absolute atomic E-state index is 5.62. The fourth-order valence-electron chi connectivity index (χ4n) is 2.39. The van der Waals surface area contributed by atoms with Crippen LogP contribution in [0.3, 0.4) is 0 Å². The summed E-state index contributed by atoms with van der Waals surface area (Å²) >= 11 is 5.62. The summed E-state index contributed by atoms with van der Waals surface area (Å²) in [4.78, 5) is 0. The number of nitrogens with two attached hydrogens (primary N) is 1. The maximum atomic E-state index is 5.62. The van der Waals surface area contributed by atoms with Gasteiger partial charge in [-0.2, -0.15) is 0 Å². The Morgan fingerprint density at radius 2 is 1.09 bits per heavy atom. The van der Waals surface area contributed by atoms with Crippen molar-refractivity contribution in [1.29, 1.82) is 0 Å². The van der Waals surface area contributed by atoms with Gasteiger partial charge in [0.2, 0.25) is 0 Å². The molecule has 0 radical (unpaired) electrons. The molecule has 0 heterocycles. The highest BCUT2D eigenvalue weighted by molar-refractivity contribution is 6.17. The lowest BCUT2D eigenvalue weighted by Gasteiger charge is -2.01. The first-order valence-electron chi connectivity index (χ1n) is 9.17. The van der Waals surface area contributed by atoms with E-state index in [1.807, 2.05) is 30.3 Å². The van der Waals surface area contributed by atoms with Crippen LogP contribution in [0, 0.1) is 0 Å². The summed E-state index contributed by atoms with van der Waals surface area (Å²) < 4.78 is 0. The van der Waals surface area contributed by atoms with Gasteiger partial charge in [0, 0.05) is 11.6 Å². The molecule has 0 saturated carbocycles. The number of unbranched alkanes of at least 4 members (excludes halogenated alkanes) is 11. The van der Waals surface area contributed by atoms with Crippen LogP contribution in [0.1, 0.15) is 84.0 Å². The molecule has 0 aliphatic heterocycles. The van der Waals surface area contributed by atoms with Gasteiger partial charge in [-0.15, -0.1) is 11.6 Å². The van der Waals surface area contributed by atoms with Gasteiger partial charge in [0.05, 0.1) is 0 Å². The van der Waals surface area contributed by atoms with Crippen molar-refractivity contribution < 1.29 is 0 Å². The number of alkyl halides is 1. The van der Waals surface area contributed by atoms with Crippen LogP contribution < -0.4 is 5.73 Å². The van der Waals surface area contributed by atoms with E-state index in [9.17, 15) is 0 Å². The van der Waals surface area contributed by atoms with E-state index in [2.05, 4.69) is 6.92 Å². The predicted molar refractivity (Wildman–Crippen MR) is 103 cm³/mol. The minimum Gasteiger partial charge on any atom is -0.399 e. The summed E-state index contributed by atoms with van der Waals surface area (Å²) in [6.45, 7) is 2.28. The normalized spacial score (nSPS) is 10.1. The molecule has 128 valence electrons. The zero-order valence-corrected chi connectivity index (χ0v) is 15.3. The second-order valence-electron chi connectivity index (χ2n) is 5.99. The van der Waals surface area contributed by atoms with E-state index in [1.54, 1.807) is 0 Å². The zero-order valence-electron chi connectivity index (χ0n) is 14.5. The Morgan fingerprint density at radius 1 is 0.682 bits per heavy atom. The highest BCUT2D eigenvalue weighted by Gasteiger charge is 1.92. The van der Waals surface area contributed by atoms with Crippen LogP contribution in [0.25, 0.3) is 0 Å². The largest absolute Gasteiger partial charge is 0.399 e. The fraction of sp³-hybridized carbons (Fsp3) is 0.700. The molecule has 1 nitrogen and oxygen atoms in total. The first kappa shape index (κ1) is 21.3. The molecule has 1 rings (SSSR count). The van der Waals surface area contributed by atoms with E-state index in [1.165, 1.54) is 77.0 Å². The number of hydrogen-bond acceptors (Lipinski definition) is 1. The molecule has 0 spiro atoms. The monoisotopic (exact) mass is 325 g/mol. The van der Waals surface area contributed by atoms with Crippen molar-refractivity contribution in [2.75, 3.05) is 11.6 Å². The third-order valence-electron chi connectivity index (χ3n) is 3.79. The van der Waals surface area contributed by atoms with Crippen LogP contribution in [0.15, 0.2) is 30.3 Å². The highest BCUT2D eigenvalue weighted by atomic mass is 35.5. The van der Waals surface area contributed by atoms with E-state index in [0.29, 0.717) is 0 Å². The van der Waals surface area contributed by atoms with Gasteiger partial charge in [-0.05, 0) is 18.6 Å². The van der Waals surface area contributed by atoms with Gasteiger partial charge in [-0.25, -0.2) is 0 Å². The number of anilines is 1. The lowest BCUT2D eigenvalue weighted by Crippen LogP contribution is -1.82. The Bertz CT molecular complexity index is 288. The van der Waals surface area contributed by atoms with Gasteiger partial charge in [0.25, 0.3) is 0 Å². The van der Waals surface area contributed by atoms with Crippen LogP contribution in [0.4, 0.5) is 5.69 Å². The van der Waals surface area contributed by atoms with Gasteiger partial charge in [-0.3, -0.25) is 0 Å². The Morgan fingerprint density at radius 3 is 1.41 bits per heavy atom. The van der Waals surface area contributed by atoms with Gasteiger partial charge in [-0.1, -0.05) is 95.8 Å². The molecule has 0 aliphatic carbocycles. The fourth-order valence-corrected chi connectivity index (χ4v) is 2.58. The SMILES string of the molecule is CCCCCCCCCCCCCCCl.Nc1ccccc1. The number of nitrogen functional groups attached to an aromatic ring is 1. The number of halogens is 1. The van der Waals surface area contributed by atoms with Crippen molar-refractivity contribution in [1.82, 2.24) is 0 Å². The van der Waals surface area contributed by atoms with Crippen LogP contribution in [-0.4, -0.2) is 5.88 Å². The third kappa shape index (κ3) is 17.4. The van der Waals surface area contributed by atoms with E-state index in [4.69, 9.17) is 17.3 Å². The Labute approximate surface area is 143 Å². The van der Waals surface area contributed by atoms with Gasteiger partial charge >= 0.3 is 0 Å². The molecule has 0 aromatic heterocycles. The van der Waals surface area contributed by atoms with Gasteiger partial charge < -0.3 is 5.73 Å². The van der Waals surface area contributed by atoms with Crippen LogP contribution >= 0.6 is 11.6 Å². The molecule has 1 aromatic carbocycles. The van der Waals surface area contributed by atoms with Crippen molar-refractivity contribution in [3.05, 3.63) is 30.3 Å². The van der Waals surface area contributed by atoms with E-state index >= 15 is 0 Å². The summed E-state index contributed by atoms with van der Waals surface area (Å²) in [5.74, 6) is 0.845. The Balaban J connectivity index is 0.000000518. The summed E-state index contributed by atoms with van der Waals surface area (Å²) in [5.41, 5.74) is 6.18. The number of rotatable bonds is 12. The second kappa shape index (κ2) is 18.4. The predicted octanol–water partition coefficient (Wildman–Crippen LogP) is 7.20. The highest BCUT2D eigenvalue weighted by Crippen LogP contribution is 2.11. The Kier molecular flexibility index (Phi) is 17.8. The van der Waals surface area contributed by atoms with Crippen molar-refractivity contribution in [2.45, 2.75) is 84.0 Å². The van der Waals surface area contributed by atoms with E-state index in [0.717, 1.165) is 11.6 Å².